The van der Waals surface area contributed by atoms with Gasteiger partial charge in [0.1, 0.15) is 47.0 Å². The Kier molecular flexibility index (Phi) is 26.4. The van der Waals surface area contributed by atoms with Gasteiger partial charge in [0, 0.05) is 27.9 Å². The molecule has 0 aromatic heterocycles. The Balaban J connectivity index is 0.000000206. The molecule has 6 atom stereocenters. The van der Waals surface area contributed by atoms with Crippen molar-refractivity contribution in [3.63, 3.8) is 0 Å². The van der Waals surface area contributed by atoms with Crippen molar-refractivity contribution in [3.8, 4) is 0 Å². The van der Waals surface area contributed by atoms with Crippen LogP contribution in [-0.4, -0.2) is 141 Å². The van der Waals surface area contributed by atoms with Gasteiger partial charge in [-0.2, -0.15) is 8.42 Å². The van der Waals surface area contributed by atoms with Crippen LogP contribution in [0.15, 0.2) is 60.8 Å². The smallest absolute Gasteiger partial charge is 0.344 e. The quantitative estimate of drug-likeness (QED) is 0.0534. The summed E-state index contributed by atoms with van der Waals surface area (Å²) in [6.07, 6.45) is 16.7. The lowest BCUT2D eigenvalue weighted by molar-refractivity contribution is -0.207. The van der Waals surface area contributed by atoms with E-state index in [1.165, 1.54) is 65.2 Å². The summed E-state index contributed by atoms with van der Waals surface area (Å²) < 4.78 is 79.6. The number of carbonyl (C=O) groups excluding carboxylic acids is 9. The summed E-state index contributed by atoms with van der Waals surface area (Å²) in [5, 5.41) is -0.677. The molecule has 23 heteroatoms. The summed E-state index contributed by atoms with van der Waals surface area (Å²) in [5.41, 5.74) is 0.831. The minimum atomic E-state index is -3.65. The van der Waals surface area contributed by atoms with Crippen LogP contribution in [0.3, 0.4) is 0 Å². The van der Waals surface area contributed by atoms with Gasteiger partial charge in [0.05, 0.1) is 12.5 Å². The highest BCUT2D eigenvalue weighted by molar-refractivity contribution is 7.87. The standard InChI is InChI=1S/C19H26O6.C14H24O2.C12H14O8S.C12H20O2.C8H10O4/c1-11(2)18(22)24-9-16(20)23-10-17(21)25-19(3)14-5-12-4-13(7-14)8-15(19)6-12;1-4-14(16-13(15)12(2)3)10-8-6-5-7-9-11-14;1-5(2)12(14)17-4-8(13)19-9-6-3-7-10(18-6)11(9)20-21(7,15)16;1-9(2)11(13)14-12(10(3)4)7-5-6-8-12;1-5(2)8(10)12-6-3-7(9)11-4-6/h12-15H,1,4-10H2,2-3H3;2,4-11H2,1,3H3;6-7,9-11H,1,3-4H2,2H3;10H,1,5-8H2,2-4H3;6H,1,3-4H2,2H3. The van der Waals surface area contributed by atoms with Gasteiger partial charge < -0.3 is 47.4 Å². The lowest BCUT2D eigenvalue weighted by atomic mass is 9.50. The van der Waals surface area contributed by atoms with Gasteiger partial charge in [0.25, 0.3) is 10.1 Å². The molecule has 4 saturated heterocycles. The van der Waals surface area contributed by atoms with Crippen molar-refractivity contribution in [1.82, 2.24) is 0 Å². The summed E-state index contributed by atoms with van der Waals surface area (Å²) >= 11 is 0. The van der Waals surface area contributed by atoms with E-state index >= 15 is 0 Å². The zero-order valence-electron chi connectivity index (χ0n) is 53.0. The molecular formula is C65H94O22S. The molecule has 492 valence electrons. The van der Waals surface area contributed by atoms with E-state index in [0.29, 0.717) is 34.5 Å². The maximum absolute atomic E-state index is 12.2. The molecule has 0 amide bonds. The van der Waals surface area contributed by atoms with Gasteiger partial charge in [-0.1, -0.05) is 72.9 Å². The lowest BCUT2D eigenvalue weighted by Crippen LogP contribution is -2.58. The number of rotatable bonds is 18. The van der Waals surface area contributed by atoms with E-state index in [1.807, 2.05) is 6.92 Å². The highest BCUT2D eigenvalue weighted by Gasteiger charge is 2.67. The highest BCUT2D eigenvalue weighted by Crippen LogP contribution is 2.59. The molecule has 6 bridgehead atoms. The van der Waals surface area contributed by atoms with E-state index in [0.717, 1.165) is 69.6 Å². The Labute approximate surface area is 518 Å². The highest BCUT2D eigenvalue weighted by atomic mass is 32.2. The third-order valence-corrected chi connectivity index (χ3v) is 19.7. The van der Waals surface area contributed by atoms with Crippen LogP contribution < -0.4 is 0 Å². The maximum Gasteiger partial charge on any atom is 0.344 e. The first-order valence-electron chi connectivity index (χ1n) is 30.8. The van der Waals surface area contributed by atoms with E-state index in [1.54, 1.807) is 20.8 Å². The first kappa shape index (κ1) is 72.5. The van der Waals surface area contributed by atoms with Crippen molar-refractivity contribution in [2.24, 2.45) is 29.6 Å². The molecule has 4 aliphatic heterocycles. The molecule has 4 heterocycles. The van der Waals surface area contributed by atoms with Crippen LogP contribution in [0.2, 0.25) is 0 Å². The van der Waals surface area contributed by atoms with E-state index in [9.17, 15) is 51.6 Å². The van der Waals surface area contributed by atoms with Gasteiger partial charge in [0.2, 0.25) is 0 Å². The lowest BCUT2D eigenvalue weighted by Gasteiger charge is -2.59. The summed E-state index contributed by atoms with van der Waals surface area (Å²) in [6.45, 7) is 32.4. The van der Waals surface area contributed by atoms with Crippen LogP contribution in [0, 0.1) is 29.6 Å². The molecule has 6 unspecified atom stereocenters. The zero-order valence-corrected chi connectivity index (χ0v) is 53.9. The predicted molar refractivity (Wildman–Crippen MR) is 318 cm³/mol. The SMILES string of the molecule is C=C(C)C(=O)OC1(C(C)C)CCCC1.C=C(C)C(=O)OC1(CC)CCCCCCC1.C=C(C)C(=O)OC1COC(=O)C1.C=C(C)C(=O)OCC(=O)OC1C2CC3C(O2)C1OS3(=O)=O.C=C(C)C(=O)OCC(=O)OCC(=O)OC1(C)C2CC3CC(C2)CC1C3. The monoisotopic (exact) mass is 1260 g/mol. The molecule has 0 N–H and O–H groups in total. The average molecular weight is 1260 g/mol. The van der Waals surface area contributed by atoms with Crippen molar-refractivity contribution in [1.29, 1.82) is 0 Å². The molecule has 6 saturated carbocycles. The normalized spacial score (nSPS) is 29.0. The summed E-state index contributed by atoms with van der Waals surface area (Å²) in [4.78, 5) is 102. The fourth-order valence-corrected chi connectivity index (χ4v) is 14.7. The minimum absolute atomic E-state index is 0.152. The van der Waals surface area contributed by atoms with Crippen molar-refractivity contribution in [2.75, 3.05) is 26.4 Å². The Morgan fingerprint density at radius 2 is 1.05 bits per heavy atom. The van der Waals surface area contributed by atoms with Gasteiger partial charge >= 0.3 is 53.7 Å². The Morgan fingerprint density at radius 3 is 1.52 bits per heavy atom. The van der Waals surface area contributed by atoms with Gasteiger partial charge in [-0.3, -0.25) is 8.98 Å². The summed E-state index contributed by atoms with van der Waals surface area (Å²) in [5.74, 6) is -1.91. The summed E-state index contributed by atoms with van der Waals surface area (Å²) in [7, 11) is -3.65. The molecule has 0 aromatic rings. The second-order valence-electron chi connectivity index (χ2n) is 25.5. The van der Waals surface area contributed by atoms with Crippen LogP contribution in [0.1, 0.15) is 184 Å². The number of hydrogen-bond acceptors (Lipinski definition) is 22. The van der Waals surface area contributed by atoms with Crippen molar-refractivity contribution >= 4 is 63.8 Å². The van der Waals surface area contributed by atoms with Crippen LogP contribution in [-0.2, 0) is 105 Å². The second-order valence-corrected chi connectivity index (χ2v) is 27.3. The van der Waals surface area contributed by atoms with Crippen LogP contribution >= 0.6 is 0 Å². The zero-order chi connectivity index (χ0) is 65.5. The molecule has 0 aromatic carbocycles. The van der Waals surface area contributed by atoms with Gasteiger partial charge in [-0.25, -0.2) is 38.4 Å². The van der Waals surface area contributed by atoms with Crippen LogP contribution in [0.4, 0.5) is 0 Å². The molecule has 0 radical (unpaired) electrons. The molecule has 10 aliphatic rings. The van der Waals surface area contributed by atoms with Crippen LogP contribution in [0.25, 0.3) is 0 Å². The van der Waals surface area contributed by atoms with E-state index < -0.39 is 107 Å². The Bertz CT molecular complexity index is 2710. The first-order valence-corrected chi connectivity index (χ1v) is 32.3. The Morgan fingerprint density at radius 1 is 0.568 bits per heavy atom. The number of fused-ring (bicyclic) bond motifs is 1. The number of hydrogen-bond donors (Lipinski definition) is 0. The van der Waals surface area contributed by atoms with Gasteiger partial charge in [-0.05, 0) is 167 Å². The molecular weight excluding hydrogens is 1160 g/mol. The topological polar surface area (TPSA) is 289 Å². The second kappa shape index (κ2) is 32.0. The van der Waals surface area contributed by atoms with Gasteiger partial charge in [-0.15, -0.1) is 0 Å². The fraction of sp³-hybridized carbons (Fsp3) is 0.708. The van der Waals surface area contributed by atoms with Crippen molar-refractivity contribution in [3.05, 3.63) is 60.8 Å². The van der Waals surface area contributed by atoms with E-state index in [4.69, 9.17) is 37.3 Å². The summed E-state index contributed by atoms with van der Waals surface area (Å²) in [6, 6.07) is 0. The van der Waals surface area contributed by atoms with Crippen LogP contribution in [0.5, 0.6) is 0 Å². The molecule has 10 fully saturated rings. The predicted octanol–water partition coefficient (Wildman–Crippen LogP) is 9.19. The minimum Gasteiger partial charge on any atom is -0.462 e. The van der Waals surface area contributed by atoms with Crippen molar-refractivity contribution < 1.29 is 103 Å². The Hall–Kier alpha value is -6.20. The fourth-order valence-electron chi connectivity index (χ4n) is 13.0. The molecule has 88 heavy (non-hydrogen) atoms. The van der Waals surface area contributed by atoms with E-state index in [-0.39, 0.29) is 59.7 Å². The maximum atomic E-state index is 12.2. The molecule has 22 nitrogen and oxygen atoms in total. The number of ether oxygens (including phenoxy) is 10. The largest absolute Gasteiger partial charge is 0.462 e. The number of cyclic esters (lactones) is 1. The number of esters is 9. The molecule has 6 aliphatic carbocycles. The van der Waals surface area contributed by atoms with Gasteiger partial charge in [0.15, 0.2) is 25.9 Å². The average Bonchev–Trinajstić information content (AvgIpc) is 1.82. The molecule has 0 spiro atoms. The first-order chi connectivity index (χ1) is 41.2. The molecule has 10 rings (SSSR count). The van der Waals surface area contributed by atoms with Crippen molar-refractivity contribution in [2.45, 2.75) is 237 Å². The number of carbonyl (C=O) groups is 9. The third kappa shape index (κ3) is 19.9. The third-order valence-electron chi connectivity index (χ3n) is 18.0. The van der Waals surface area contributed by atoms with E-state index in [2.05, 4.69) is 67.9 Å².